The fourth-order valence-electron chi connectivity index (χ4n) is 2.39. The van der Waals surface area contributed by atoms with Crippen LogP contribution in [0.15, 0.2) is 36.5 Å². The van der Waals surface area contributed by atoms with Crippen molar-refractivity contribution in [2.24, 2.45) is 5.92 Å². The molecule has 130 valence electrons. The summed E-state index contributed by atoms with van der Waals surface area (Å²) in [7, 11) is 0. The lowest BCUT2D eigenvalue weighted by atomic mass is 10.2. The molecule has 0 aliphatic carbocycles. The molecule has 2 aromatic rings. The Balaban J connectivity index is 1.95. The average molecular weight is 337 g/mol. The van der Waals surface area contributed by atoms with Crippen LogP contribution < -0.4 is 5.32 Å². The van der Waals surface area contributed by atoms with Gasteiger partial charge >= 0.3 is 0 Å². The summed E-state index contributed by atoms with van der Waals surface area (Å²) >= 11 is 0. The Bertz CT molecular complexity index is 751. The van der Waals surface area contributed by atoms with Crippen LogP contribution in [0.25, 0.3) is 11.4 Å². The molecule has 0 aliphatic rings. The summed E-state index contributed by atoms with van der Waals surface area (Å²) in [6.07, 6.45) is 1.74. The van der Waals surface area contributed by atoms with Crippen molar-refractivity contribution in [2.75, 3.05) is 25.0 Å². The zero-order valence-corrected chi connectivity index (χ0v) is 14.9. The smallest absolute Gasteiger partial charge is 0.241 e. The molecule has 6 heteroatoms. The lowest BCUT2D eigenvalue weighted by Gasteiger charge is -2.22. The Hall–Kier alpha value is -2.94. The molecular weight excluding hydrogens is 314 g/mol. The predicted octanol–water partition coefficient (Wildman–Crippen LogP) is 2.87. The summed E-state index contributed by atoms with van der Waals surface area (Å²) in [5, 5.41) is 12.0. The number of hydrogen-bond acceptors (Lipinski definition) is 5. The molecule has 1 heterocycles. The van der Waals surface area contributed by atoms with Gasteiger partial charge in [0, 0.05) is 36.2 Å². The van der Waals surface area contributed by atoms with E-state index in [1.165, 1.54) is 0 Å². The normalized spacial score (nSPS) is 11.4. The number of hydrogen-bond donors (Lipinski definition) is 1. The largest absolute Gasteiger partial charge is 0.376 e. The van der Waals surface area contributed by atoms with Crippen LogP contribution in [0, 0.1) is 24.2 Å². The van der Waals surface area contributed by atoms with Crippen molar-refractivity contribution < 1.29 is 4.79 Å². The van der Waals surface area contributed by atoms with Gasteiger partial charge in [-0.1, -0.05) is 0 Å². The molecule has 0 saturated heterocycles. The van der Waals surface area contributed by atoms with Crippen LogP contribution in [0.4, 0.5) is 5.69 Å². The Morgan fingerprint density at radius 2 is 2.04 bits per heavy atom. The van der Waals surface area contributed by atoms with Gasteiger partial charge in [-0.05, 0) is 51.1 Å². The number of likely N-dealkylation sites (N-methyl/N-ethyl adjacent to an activating group) is 1. The number of carbonyl (C=O) groups excluding carboxylic acids is 1. The van der Waals surface area contributed by atoms with Crippen molar-refractivity contribution in [3.63, 3.8) is 0 Å². The second-order valence-electron chi connectivity index (χ2n) is 5.92. The van der Waals surface area contributed by atoms with Crippen LogP contribution in [0.2, 0.25) is 0 Å². The van der Waals surface area contributed by atoms with Gasteiger partial charge in [0.05, 0.1) is 18.5 Å². The number of aromatic nitrogens is 2. The summed E-state index contributed by atoms with van der Waals surface area (Å²) in [4.78, 5) is 22.6. The minimum absolute atomic E-state index is 0.0179. The first-order valence-corrected chi connectivity index (χ1v) is 8.34. The van der Waals surface area contributed by atoms with Crippen molar-refractivity contribution in [2.45, 2.75) is 20.8 Å². The first-order chi connectivity index (χ1) is 12.0. The maximum absolute atomic E-state index is 12.3. The summed E-state index contributed by atoms with van der Waals surface area (Å²) in [5.74, 6) is 0.499. The number of rotatable bonds is 7. The van der Waals surface area contributed by atoms with Crippen LogP contribution in [-0.4, -0.2) is 40.4 Å². The molecule has 1 atom stereocenters. The average Bonchev–Trinajstić information content (AvgIpc) is 2.64. The molecule has 25 heavy (non-hydrogen) atoms. The minimum atomic E-state index is -0.169. The van der Waals surface area contributed by atoms with Crippen molar-refractivity contribution in [1.29, 1.82) is 5.26 Å². The third-order valence-corrected chi connectivity index (χ3v) is 3.83. The highest BCUT2D eigenvalue weighted by Crippen LogP contribution is 2.17. The van der Waals surface area contributed by atoms with Crippen molar-refractivity contribution in [3.8, 4) is 17.5 Å². The molecule has 0 radical (unpaired) electrons. The molecule has 1 unspecified atom stereocenters. The molecule has 0 aliphatic heterocycles. The molecule has 1 N–H and O–H groups in total. The van der Waals surface area contributed by atoms with Crippen LogP contribution in [0.3, 0.4) is 0 Å². The van der Waals surface area contributed by atoms with Crippen molar-refractivity contribution >= 4 is 11.6 Å². The second-order valence-corrected chi connectivity index (χ2v) is 5.92. The van der Waals surface area contributed by atoms with Crippen LogP contribution in [0.1, 0.15) is 19.5 Å². The molecule has 0 saturated carbocycles. The minimum Gasteiger partial charge on any atom is -0.376 e. The summed E-state index contributed by atoms with van der Waals surface area (Å²) < 4.78 is 0. The van der Waals surface area contributed by atoms with E-state index in [9.17, 15) is 4.79 Å². The third kappa shape index (κ3) is 5.28. The van der Waals surface area contributed by atoms with Gasteiger partial charge in [0.2, 0.25) is 5.91 Å². The van der Waals surface area contributed by atoms with E-state index in [0.29, 0.717) is 18.9 Å². The summed E-state index contributed by atoms with van der Waals surface area (Å²) in [6, 6.07) is 11.7. The molecule has 0 fully saturated rings. The van der Waals surface area contributed by atoms with Gasteiger partial charge in [0.25, 0.3) is 0 Å². The molecule has 2 rings (SSSR count). The zero-order valence-electron chi connectivity index (χ0n) is 14.9. The summed E-state index contributed by atoms with van der Waals surface area (Å²) in [5.41, 5.74) is 2.71. The van der Waals surface area contributed by atoms with Gasteiger partial charge < -0.3 is 10.2 Å². The Labute approximate surface area is 148 Å². The van der Waals surface area contributed by atoms with Gasteiger partial charge in [-0.2, -0.15) is 5.26 Å². The highest BCUT2D eigenvalue weighted by atomic mass is 16.2. The number of nitriles is 1. The number of nitrogens with one attached hydrogen (secondary N) is 1. The number of anilines is 1. The molecule has 1 aromatic carbocycles. The van der Waals surface area contributed by atoms with E-state index in [0.717, 1.165) is 16.9 Å². The molecule has 1 amide bonds. The van der Waals surface area contributed by atoms with E-state index in [1.54, 1.807) is 11.1 Å². The third-order valence-electron chi connectivity index (χ3n) is 3.83. The predicted molar refractivity (Wildman–Crippen MR) is 97.7 cm³/mol. The van der Waals surface area contributed by atoms with Gasteiger partial charge in [0.15, 0.2) is 5.82 Å². The molecule has 0 spiro atoms. The van der Waals surface area contributed by atoms with E-state index >= 15 is 0 Å². The maximum atomic E-state index is 12.3. The topological polar surface area (TPSA) is 81.9 Å². The number of nitrogens with zero attached hydrogens (tertiary/aromatic N) is 4. The van der Waals surface area contributed by atoms with E-state index in [4.69, 9.17) is 5.26 Å². The second kappa shape index (κ2) is 8.78. The lowest BCUT2D eigenvalue weighted by molar-refractivity contribution is -0.129. The lowest BCUT2D eigenvalue weighted by Crippen LogP contribution is -2.38. The van der Waals surface area contributed by atoms with Crippen molar-refractivity contribution in [1.82, 2.24) is 14.9 Å². The van der Waals surface area contributed by atoms with Crippen LogP contribution in [0.5, 0.6) is 0 Å². The quantitative estimate of drug-likeness (QED) is 0.840. The summed E-state index contributed by atoms with van der Waals surface area (Å²) in [6.45, 7) is 6.91. The van der Waals surface area contributed by atoms with Crippen LogP contribution >= 0.6 is 0 Å². The Morgan fingerprint density at radius 3 is 2.64 bits per heavy atom. The SMILES string of the molecule is CCN(CC(C)C#N)C(=O)CNc1ccc(-c2nccc(C)n2)cc1. The first-order valence-electron chi connectivity index (χ1n) is 8.34. The van der Waals surface area contributed by atoms with E-state index in [2.05, 4.69) is 21.4 Å². The molecular formula is C19H23N5O. The van der Waals surface area contributed by atoms with Gasteiger partial charge in [-0.15, -0.1) is 0 Å². The number of aryl methyl sites for hydroxylation is 1. The van der Waals surface area contributed by atoms with Gasteiger partial charge in [-0.3, -0.25) is 4.79 Å². The number of benzene rings is 1. The van der Waals surface area contributed by atoms with Gasteiger partial charge in [-0.25, -0.2) is 9.97 Å². The standard InChI is InChI=1S/C19H23N5O/c1-4-24(13-14(2)11-20)18(25)12-22-17-7-5-16(6-8-17)19-21-10-9-15(3)23-19/h5-10,14,22H,4,12-13H2,1-3H3. The Morgan fingerprint density at radius 1 is 1.32 bits per heavy atom. The fraction of sp³-hybridized carbons (Fsp3) is 0.368. The van der Waals surface area contributed by atoms with Crippen molar-refractivity contribution in [3.05, 3.63) is 42.2 Å². The molecule has 0 bridgehead atoms. The van der Waals surface area contributed by atoms with Gasteiger partial charge in [0.1, 0.15) is 0 Å². The highest BCUT2D eigenvalue weighted by molar-refractivity contribution is 5.81. The van der Waals surface area contributed by atoms with Crippen LogP contribution in [-0.2, 0) is 4.79 Å². The fourth-order valence-corrected chi connectivity index (χ4v) is 2.39. The van der Waals surface area contributed by atoms with E-state index in [-0.39, 0.29) is 18.4 Å². The number of amides is 1. The van der Waals surface area contributed by atoms with E-state index in [1.807, 2.05) is 51.1 Å². The number of carbonyl (C=O) groups is 1. The zero-order chi connectivity index (χ0) is 18.2. The molecule has 1 aromatic heterocycles. The monoisotopic (exact) mass is 337 g/mol. The Kier molecular flexibility index (Phi) is 6.47. The maximum Gasteiger partial charge on any atom is 0.241 e. The first kappa shape index (κ1) is 18.4. The molecule has 6 nitrogen and oxygen atoms in total. The highest BCUT2D eigenvalue weighted by Gasteiger charge is 2.14. The van der Waals surface area contributed by atoms with E-state index < -0.39 is 0 Å².